The minimum Gasteiger partial charge on any atom is -0.497 e. The highest BCUT2D eigenvalue weighted by Crippen LogP contribution is 2.27. The van der Waals surface area contributed by atoms with Crippen LogP contribution in [0.15, 0.2) is 34.8 Å². The third-order valence-electron chi connectivity index (χ3n) is 3.52. The molecule has 2 aromatic rings. The van der Waals surface area contributed by atoms with E-state index in [4.69, 9.17) is 14.6 Å². The van der Waals surface area contributed by atoms with Crippen molar-refractivity contribution in [2.45, 2.75) is 12.8 Å². The van der Waals surface area contributed by atoms with E-state index >= 15 is 0 Å². The summed E-state index contributed by atoms with van der Waals surface area (Å²) < 4.78 is 24.9. The summed E-state index contributed by atoms with van der Waals surface area (Å²) in [5.74, 6) is -0.339. The number of halogens is 2. The number of rotatable bonds is 6. The summed E-state index contributed by atoms with van der Waals surface area (Å²) in [4.78, 5) is 11.0. The number of carboxylic acids is 1. The zero-order valence-electron chi connectivity index (χ0n) is 12.7. The number of methoxy groups -OCH3 is 2. The first kappa shape index (κ1) is 17.3. The molecule has 122 valence electrons. The number of carboxylic acid groups (broad SMARTS) is 1. The van der Waals surface area contributed by atoms with Crippen LogP contribution in [-0.2, 0) is 12.8 Å². The molecule has 0 radical (unpaired) electrons. The number of aryl methyl sites for hydroxylation is 2. The highest BCUT2D eigenvalue weighted by molar-refractivity contribution is 9.10. The number of ether oxygens (including phenoxy) is 2. The molecule has 0 saturated carbocycles. The molecule has 2 rings (SSSR count). The van der Waals surface area contributed by atoms with E-state index < -0.39 is 11.8 Å². The monoisotopic (exact) mass is 382 g/mol. The van der Waals surface area contributed by atoms with Gasteiger partial charge in [-0.25, -0.2) is 9.18 Å². The lowest BCUT2D eigenvalue weighted by atomic mass is 10.0. The van der Waals surface area contributed by atoms with Gasteiger partial charge in [0.05, 0.1) is 19.8 Å². The van der Waals surface area contributed by atoms with Crippen LogP contribution in [0.25, 0.3) is 0 Å². The molecule has 0 aliphatic rings. The summed E-state index contributed by atoms with van der Waals surface area (Å²) in [6, 6.07) is 8.00. The molecule has 0 atom stereocenters. The number of benzene rings is 2. The van der Waals surface area contributed by atoms with E-state index in [1.807, 2.05) is 12.1 Å². The van der Waals surface area contributed by atoms with Crippen LogP contribution >= 0.6 is 15.9 Å². The number of aromatic carboxylic acids is 1. The van der Waals surface area contributed by atoms with Crippen LogP contribution in [0.5, 0.6) is 11.5 Å². The third-order valence-corrected chi connectivity index (χ3v) is 4.18. The highest BCUT2D eigenvalue weighted by atomic mass is 79.9. The molecular formula is C17H16BrFO4. The number of hydrogen-bond acceptors (Lipinski definition) is 3. The molecule has 0 unspecified atom stereocenters. The van der Waals surface area contributed by atoms with Crippen molar-refractivity contribution >= 4 is 21.9 Å². The van der Waals surface area contributed by atoms with Gasteiger partial charge in [0.1, 0.15) is 17.3 Å². The molecule has 0 saturated heterocycles. The van der Waals surface area contributed by atoms with E-state index in [0.29, 0.717) is 34.4 Å². The normalized spacial score (nSPS) is 10.4. The lowest BCUT2D eigenvalue weighted by molar-refractivity contribution is 0.0695. The lowest BCUT2D eigenvalue weighted by Crippen LogP contribution is -2.03. The molecule has 0 aliphatic carbocycles. The predicted octanol–water partition coefficient (Wildman–Crippen LogP) is 4.09. The smallest absolute Gasteiger partial charge is 0.336 e. The zero-order valence-corrected chi connectivity index (χ0v) is 14.3. The second kappa shape index (κ2) is 7.46. The number of hydrogen-bond donors (Lipinski definition) is 1. The van der Waals surface area contributed by atoms with Gasteiger partial charge in [-0.2, -0.15) is 0 Å². The van der Waals surface area contributed by atoms with Crippen LogP contribution in [0.3, 0.4) is 0 Å². The molecule has 0 spiro atoms. The Labute approximate surface area is 142 Å². The minimum atomic E-state index is -1.17. The van der Waals surface area contributed by atoms with Gasteiger partial charge in [0.25, 0.3) is 0 Å². The Morgan fingerprint density at radius 3 is 2.43 bits per heavy atom. The summed E-state index contributed by atoms with van der Waals surface area (Å²) in [5.41, 5.74) is 1.28. The quantitative estimate of drug-likeness (QED) is 0.817. The Morgan fingerprint density at radius 2 is 1.83 bits per heavy atom. The first-order valence-electron chi connectivity index (χ1n) is 6.88. The second-order valence-corrected chi connectivity index (χ2v) is 5.76. The van der Waals surface area contributed by atoms with Crippen molar-refractivity contribution in [1.82, 2.24) is 0 Å². The molecule has 4 nitrogen and oxygen atoms in total. The summed E-state index contributed by atoms with van der Waals surface area (Å²) in [5, 5.41) is 8.98. The van der Waals surface area contributed by atoms with Gasteiger partial charge in [-0.05, 0) is 58.1 Å². The Morgan fingerprint density at radius 1 is 1.13 bits per heavy atom. The molecule has 2 aromatic carbocycles. The van der Waals surface area contributed by atoms with Crippen molar-refractivity contribution in [3.63, 3.8) is 0 Å². The molecule has 1 N–H and O–H groups in total. The summed E-state index contributed by atoms with van der Waals surface area (Å²) in [6.07, 6.45) is 0.982. The molecular weight excluding hydrogens is 367 g/mol. The van der Waals surface area contributed by atoms with E-state index in [-0.39, 0.29) is 5.56 Å². The average molecular weight is 383 g/mol. The van der Waals surface area contributed by atoms with Crippen LogP contribution in [0.2, 0.25) is 0 Å². The van der Waals surface area contributed by atoms with Crippen molar-refractivity contribution in [1.29, 1.82) is 0 Å². The maximum absolute atomic E-state index is 14.1. The highest BCUT2D eigenvalue weighted by Gasteiger charge is 2.14. The molecule has 0 fully saturated rings. The average Bonchev–Trinajstić information content (AvgIpc) is 2.54. The minimum absolute atomic E-state index is 0.0896. The van der Waals surface area contributed by atoms with Crippen LogP contribution in [-0.4, -0.2) is 25.3 Å². The van der Waals surface area contributed by atoms with Crippen LogP contribution in [0.1, 0.15) is 21.5 Å². The Hall–Kier alpha value is -2.08. The summed E-state index contributed by atoms with van der Waals surface area (Å²) in [6.45, 7) is 0. The Bertz CT molecular complexity index is 731. The largest absolute Gasteiger partial charge is 0.497 e. The summed E-state index contributed by atoms with van der Waals surface area (Å²) >= 11 is 3.17. The van der Waals surface area contributed by atoms with Gasteiger partial charge in [0.15, 0.2) is 0 Å². The van der Waals surface area contributed by atoms with Gasteiger partial charge in [-0.3, -0.25) is 0 Å². The maximum atomic E-state index is 14.1. The summed E-state index contributed by atoms with van der Waals surface area (Å²) in [7, 11) is 3.14. The van der Waals surface area contributed by atoms with Gasteiger partial charge >= 0.3 is 5.97 Å². The molecule has 6 heteroatoms. The third kappa shape index (κ3) is 4.01. The van der Waals surface area contributed by atoms with Crippen molar-refractivity contribution in [3.05, 3.63) is 57.3 Å². The molecule has 0 bridgehead atoms. The van der Waals surface area contributed by atoms with E-state index in [9.17, 15) is 9.18 Å². The van der Waals surface area contributed by atoms with Gasteiger partial charge in [0, 0.05) is 10.5 Å². The first-order chi connectivity index (χ1) is 11.0. The van der Waals surface area contributed by atoms with Crippen LogP contribution in [0, 0.1) is 5.82 Å². The maximum Gasteiger partial charge on any atom is 0.336 e. The first-order valence-corrected chi connectivity index (χ1v) is 7.67. The van der Waals surface area contributed by atoms with E-state index in [0.717, 1.165) is 11.6 Å². The van der Waals surface area contributed by atoms with Gasteiger partial charge < -0.3 is 14.6 Å². The topological polar surface area (TPSA) is 55.8 Å². The lowest BCUT2D eigenvalue weighted by Gasteiger charge is -2.11. The fourth-order valence-electron chi connectivity index (χ4n) is 2.27. The van der Waals surface area contributed by atoms with E-state index in [2.05, 4.69) is 15.9 Å². The Balaban J connectivity index is 2.21. The van der Waals surface area contributed by atoms with Crippen molar-refractivity contribution < 1.29 is 23.8 Å². The fourth-order valence-corrected chi connectivity index (χ4v) is 2.83. The van der Waals surface area contributed by atoms with Gasteiger partial charge in [-0.1, -0.05) is 6.07 Å². The zero-order chi connectivity index (χ0) is 17.0. The molecule has 0 heterocycles. The van der Waals surface area contributed by atoms with E-state index in [1.54, 1.807) is 20.3 Å². The van der Waals surface area contributed by atoms with Crippen LogP contribution < -0.4 is 9.47 Å². The molecule has 23 heavy (non-hydrogen) atoms. The van der Waals surface area contributed by atoms with Crippen LogP contribution in [0.4, 0.5) is 4.39 Å². The van der Waals surface area contributed by atoms with Crippen molar-refractivity contribution in [2.75, 3.05) is 14.2 Å². The molecule has 0 aliphatic heterocycles. The predicted molar refractivity (Wildman–Crippen MR) is 88.0 cm³/mol. The number of carbonyl (C=O) groups is 1. The molecule has 0 amide bonds. The molecule has 0 aromatic heterocycles. The van der Waals surface area contributed by atoms with Crippen molar-refractivity contribution in [2.24, 2.45) is 0 Å². The van der Waals surface area contributed by atoms with Gasteiger partial charge in [-0.15, -0.1) is 0 Å². The van der Waals surface area contributed by atoms with Crippen molar-refractivity contribution in [3.8, 4) is 11.5 Å². The fraction of sp³-hybridized carbons (Fsp3) is 0.235. The van der Waals surface area contributed by atoms with E-state index in [1.165, 1.54) is 6.07 Å². The second-order valence-electron chi connectivity index (χ2n) is 4.91. The SMILES string of the molecule is COc1ccc(CCc2cc(Br)c(C(=O)O)cc2F)c(OC)c1. The Kier molecular flexibility index (Phi) is 5.60. The van der Waals surface area contributed by atoms with Gasteiger partial charge in [0.2, 0.25) is 0 Å². The standard InChI is InChI=1S/C17H16BrFO4/c1-22-12-6-5-10(16(8-12)23-2)3-4-11-7-14(18)13(17(20)21)9-15(11)19/h5-9H,3-4H2,1-2H3,(H,20,21).